The number of aromatic nitrogens is 3. The number of esters is 1. The van der Waals surface area contributed by atoms with Gasteiger partial charge in [-0.05, 0) is 62.9 Å². The number of fused-ring (bicyclic) bond motifs is 1. The molecule has 1 fully saturated rings. The molecule has 204 valence electrons. The van der Waals surface area contributed by atoms with Gasteiger partial charge in [0.05, 0.1) is 32.8 Å². The van der Waals surface area contributed by atoms with E-state index in [0.29, 0.717) is 18.3 Å². The second kappa shape index (κ2) is 11.3. The van der Waals surface area contributed by atoms with Gasteiger partial charge in [0.25, 0.3) is 0 Å². The van der Waals surface area contributed by atoms with Crippen LogP contribution < -0.4 is 15.5 Å². The molecular formula is C28H32N6O3S2. The first-order valence-corrected chi connectivity index (χ1v) is 14.8. The van der Waals surface area contributed by atoms with Gasteiger partial charge >= 0.3 is 12.0 Å². The first-order valence-electron chi connectivity index (χ1n) is 13.2. The Kier molecular flexibility index (Phi) is 7.81. The zero-order valence-corrected chi connectivity index (χ0v) is 24.0. The number of nitrogens with zero attached hydrogens (tertiary/aromatic N) is 5. The fourth-order valence-corrected chi connectivity index (χ4v) is 7.13. The highest BCUT2D eigenvalue weighted by molar-refractivity contribution is 7.23. The number of ether oxygens (including phenoxy) is 1. The topological polar surface area (TPSA) is 115 Å². The third-order valence-electron chi connectivity index (χ3n) is 7.39. The van der Waals surface area contributed by atoms with Crippen LogP contribution in [0.3, 0.4) is 0 Å². The number of hydrogen-bond acceptors (Lipinski definition) is 9. The summed E-state index contributed by atoms with van der Waals surface area (Å²) in [5.41, 5.74) is 8.74. The zero-order chi connectivity index (χ0) is 27.6. The Labute approximate surface area is 235 Å². The number of nitrogens with two attached hydrogens (primary N) is 1. The van der Waals surface area contributed by atoms with Gasteiger partial charge in [-0.1, -0.05) is 35.7 Å². The Morgan fingerprint density at radius 3 is 2.56 bits per heavy atom. The summed E-state index contributed by atoms with van der Waals surface area (Å²) in [5.74, 6) is -0.0806. The minimum Gasteiger partial charge on any atom is -0.466 e. The van der Waals surface area contributed by atoms with Crippen molar-refractivity contribution in [3.05, 3.63) is 42.7 Å². The summed E-state index contributed by atoms with van der Waals surface area (Å²) in [5, 5.41) is 1.50. The van der Waals surface area contributed by atoms with Gasteiger partial charge in [0.2, 0.25) is 0 Å². The molecule has 0 bridgehead atoms. The van der Waals surface area contributed by atoms with Crippen LogP contribution in [0.5, 0.6) is 0 Å². The predicted octanol–water partition coefficient (Wildman–Crippen LogP) is 5.95. The van der Waals surface area contributed by atoms with Crippen LogP contribution in [0.25, 0.3) is 31.9 Å². The molecular weight excluding hydrogens is 532 g/mol. The molecule has 4 heterocycles. The fraction of sp³-hybridized carbons (Fsp3) is 0.393. The van der Waals surface area contributed by atoms with Crippen molar-refractivity contribution < 1.29 is 14.3 Å². The first-order chi connectivity index (χ1) is 18.9. The molecule has 0 spiro atoms. The standard InChI is InChI=1S/C28H32N6O3S2/c1-4-28(24(35)37-6-3)10-13-33(14-11-28)26-31-17-22(38-26)18-15-19(20-9-7-8-12-30-20)23-21(16-18)32-27(39-23)34(5-2)25(29)36/h7-9,12,15-17H,4-6,10-11,13-14H2,1-3H3,(H2,29,36). The Morgan fingerprint density at radius 2 is 1.92 bits per heavy atom. The van der Waals surface area contributed by atoms with Crippen molar-refractivity contribution in [2.75, 3.05) is 36.0 Å². The number of amides is 2. The maximum Gasteiger partial charge on any atom is 0.321 e. The largest absolute Gasteiger partial charge is 0.466 e. The first kappa shape index (κ1) is 27.0. The molecule has 11 heteroatoms. The summed E-state index contributed by atoms with van der Waals surface area (Å²) in [6, 6.07) is 9.44. The average Bonchev–Trinajstić information content (AvgIpc) is 3.61. The Morgan fingerprint density at radius 1 is 1.13 bits per heavy atom. The number of anilines is 2. The third kappa shape index (κ3) is 5.20. The van der Waals surface area contributed by atoms with Crippen LogP contribution in [0.1, 0.15) is 40.0 Å². The van der Waals surface area contributed by atoms with Crippen LogP contribution in [0.15, 0.2) is 42.7 Å². The Balaban J connectivity index is 1.47. The molecule has 1 aliphatic heterocycles. The molecule has 3 aromatic heterocycles. The van der Waals surface area contributed by atoms with E-state index in [1.165, 1.54) is 16.2 Å². The molecule has 2 amide bonds. The van der Waals surface area contributed by atoms with Crippen molar-refractivity contribution in [2.45, 2.75) is 40.0 Å². The molecule has 2 N–H and O–H groups in total. The molecule has 1 aliphatic rings. The molecule has 0 radical (unpaired) electrons. The van der Waals surface area contributed by atoms with E-state index >= 15 is 0 Å². The van der Waals surface area contributed by atoms with Gasteiger partial charge in [-0.2, -0.15) is 0 Å². The van der Waals surface area contributed by atoms with Crippen LogP contribution in [-0.2, 0) is 9.53 Å². The quantitative estimate of drug-likeness (QED) is 0.263. The van der Waals surface area contributed by atoms with Crippen molar-refractivity contribution in [3.8, 4) is 21.7 Å². The lowest BCUT2D eigenvalue weighted by Crippen LogP contribution is -2.45. The fourth-order valence-electron chi connectivity index (χ4n) is 5.03. The Hall–Kier alpha value is -3.57. The van der Waals surface area contributed by atoms with Crippen molar-refractivity contribution in [1.29, 1.82) is 0 Å². The number of benzene rings is 1. The van der Waals surface area contributed by atoms with E-state index in [9.17, 15) is 9.59 Å². The SMILES string of the molecule is CCOC(=O)C1(CC)CCN(c2ncc(-c3cc(-c4ccccn4)c4sc(N(CC)C(N)=O)nc4c3)s2)CC1. The number of rotatable bonds is 8. The van der Waals surface area contributed by atoms with E-state index in [4.69, 9.17) is 20.4 Å². The molecule has 0 saturated carbocycles. The average molecular weight is 565 g/mol. The maximum absolute atomic E-state index is 12.6. The zero-order valence-electron chi connectivity index (χ0n) is 22.3. The lowest BCUT2D eigenvalue weighted by Gasteiger charge is -2.39. The summed E-state index contributed by atoms with van der Waals surface area (Å²) in [6.07, 6.45) is 5.95. The van der Waals surface area contributed by atoms with Crippen molar-refractivity contribution >= 4 is 55.2 Å². The normalized spacial score (nSPS) is 14.9. The van der Waals surface area contributed by atoms with E-state index in [0.717, 1.165) is 69.4 Å². The van der Waals surface area contributed by atoms with Crippen LogP contribution in [0.2, 0.25) is 0 Å². The van der Waals surface area contributed by atoms with Crippen LogP contribution in [0, 0.1) is 5.41 Å². The van der Waals surface area contributed by atoms with Crippen molar-refractivity contribution in [1.82, 2.24) is 15.0 Å². The van der Waals surface area contributed by atoms with Crippen molar-refractivity contribution in [2.24, 2.45) is 11.1 Å². The molecule has 0 unspecified atom stereocenters. The third-order valence-corrected chi connectivity index (χ3v) is 9.62. The van der Waals surface area contributed by atoms with Crippen molar-refractivity contribution in [3.63, 3.8) is 0 Å². The minimum absolute atomic E-state index is 0.0806. The van der Waals surface area contributed by atoms with Crippen LogP contribution >= 0.6 is 22.7 Å². The van der Waals surface area contributed by atoms with Crippen LogP contribution in [0.4, 0.5) is 15.1 Å². The van der Waals surface area contributed by atoms with E-state index in [-0.39, 0.29) is 5.97 Å². The van der Waals surface area contributed by atoms with Gasteiger partial charge in [0.15, 0.2) is 10.3 Å². The molecule has 0 aliphatic carbocycles. The maximum atomic E-state index is 12.6. The summed E-state index contributed by atoms with van der Waals surface area (Å²) in [6.45, 7) is 8.15. The number of piperidine rings is 1. The molecule has 0 atom stereocenters. The number of urea groups is 1. The predicted molar refractivity (Wildman–Crippen MR) is 157 cm³/mol. The summed E-state index contributed by atoms with van der Waals surface area (Å²) in [4.78, 5) is 43.5. The monoisotopic (exact) mass is 564 g/mol. The highest BCUT2D eigenvalue weighted by Gasteiger charge is 2.41. The summed E-state index contributed by atoms with van der Waals surface area (Å²) >= 11 is 3.06. The van der Waals surface area contributed by atoms with E-state index in [2.05, 4.69) is 22.9 Å². The Bertz CT molecular complexity index is 1480. The number of pyridine rings is 1. The number of carbonyl (C=O) groups is 2. The molecule has 9 nitrogen and oxygen atoms in total. The summed E-state index contributed by atoms with van der Waals surface area (Å²) in [7, 11) is 0. The second-order valence-corrected chi connectivity index (χ2v) is 11.5. The van der Waals surface area contributed by atoms with Gasteiger partial charge in [0, 0.05) is 37.6 Å². The van der Waals surface area contributed by atoms with E-state index in [1.54, 1.807) is 17.5 Å². The van der Waals surface area contributed by atoms with Gasteiger partial charge < -0.3 is 15.4 Å². The highest BCUT2D eigenvalue weighted by atomic mass is 32.1. The molecule has 4 aromatic rings. The molecule has 1 aromatic carbocycles. The highest BCUT2D eigenvalue weighted by Crippen LogP contribution is 2.43. The molecule has 5 rings (SSSR count). The number of primary amides is 1. The molecule has 1 saturated heterocycles. The number of hydrogen-bond donors (Lipinski definition) is 1. The van der Waals surface area contributed by atoms with Gasteiger partial charge in [-0.3, -0.25) is 14.7 Å². The lowest BCUT2D eigenvalue weighted by atomic mass is 9.76. The number of thiazole rings is 2. The summed E-state index contributed by atoms with van der Waals surface area (Å²) < 4.78 is 6.34. The van der Waals surface area contributed by atoms with Gasteiger partial charge in [0.1, 0.15) is 0 Å². The van der Waals surface area contributed by atoms with E-state index < -0.39 is 11.4 Å². The second-order valence-electron chi connectivity index (χ2n) is 9.51. The van der Waals surface area contributed by atoms with E-state index in [1.807, 2.05) is 44.3 Å². The van der Waals surface area contributed by atoms with Gasteiger partial charge in [-0.15, -0.1) is 0 Å². The number of carbonyl (C=O) groups excluding carboxylic acids is 2. The molecule has 39 heavy (non-hydrogen) atoms. The smallest absolute Gasteiger partial charge is 0.321 e. The lowest BCUT2D eigenvalue weighted by molar-refractivity contribution is -0.157. The van der Waals surface area contributed by atoms with Crippen LogP contribution in [-0.4, -0.2) is 53.2 Å². The van der Waals surface area contributed by atoms with Gasteiger partial charge in [-0.25, -0.2) is 14.8 Å². The minimum atomic E-state index is -0.528.